The van der Waals surface area contributed by atoms with E-state index >= 15 is 0 Å². The van der Waals surface area contributed by atoms with Crippen molar-refractivity contribution in [2.75, 3.05) is 12.5 Å². The van der Waals surface area contributed by atoms with Gasteiger partial charge >= 0.3 is 6.95 Å². The predicted octanol–water partition coefficient (Wildman–Crippen LogP) is 1.58. The van der Waals surface area contributed by atoms with Gasteiger partial charge in [-0.15, -0.1) is 11.6 Å². The Morgan fingerprint density at radius 3 is 2.38 bits per heavy atom. The Balaban J connectivity index is 3.26. The fourth-order valence-electron chi connectivity index (χ4n) is 0.147. The normalized spacial score (nSPS) is 17.9. The fourth-order valence-corrected chi connectivity index (χ4v) is 0.855. The first kappa shape index (κ1) is 8.73. The second-order valence-corrected chi connectivity index (χ2v) is 3.79. The van der Waals surface area contributed by atoms with Gasteiger partial charge in [0.05, 0.1) is 6.61 Å². The van der Waals surface area contributed by atoms with Crippen LogP contribution in [0.5, 0.6) is 0 Å². The second kappa shape index (κ2) is 3.70. The molecule has 0 aliphatic carbocycles. The molecule has 0 heterocycles. The maximum Gasteiger partial charge on any atom is 0.421 e. The van der Waals surface area contributed by atoms with Gasteiger partial charge in [-0.05, 0) is 0 Å². The molecule has 0 aromatic rings. The summed E-state index contributed by atoms with van der Waals surface area (Å²) in [5, 5.41) is 0. The Hall–Kier alpha value is 0.730. The van der Waals surface area contributed by atoms with Crippen molar-refractivity contribution < 1.29 is 14.0 Å². The van der Waals surface area contributed by atoms with Gasteiger partial charge < -0.3 is 4.89 Å². The minimum Gasteiger partial charge on any atom is -0.313 e. The highest BCUT2D eigenvalue weighted by Gasteiger charge is 2.11. The molecule has 0 aromatic carbocycles. The molecular formula is C2H5Cl2O3P. The van der Waals surface area contributed by atoms with E-state index in [1.54, 1.807) is 0 Å². The molecule has 1 atom stereocenters. The van der Waals surface area contributed by atoms with Gasteiger partial charge in [0.15, 0.2) is 0 Å². The monoisotopic (exact) mass is 178 g/mol. The molecule has 0 aromatic heterocycles. The van der Waals surface area contributed by atoms with E-state index in [1.165, 1.54) is 0 Å². The summed E-state index contributed by atoms with van der Waals surface area (Å²) in [4.78, 5) is 8.19. The van der Waals surface area contributed by atoms with Crippen LogP contribution in [-0.2, 0) is 9.09 Å². The molecule has 0 radical (unpaired) electrons. The highest BCUT2D eigenvalue weighted by Crippen LogP contribution is 2.47. The van der Waals surface area contributed by atoms with Crippen LogP contribution in [0.3, 0.4) is 0 Å². The third-order valence-electron chi connectivity index (χ3n) is 0.328. The molecule has 0 bridgehead atoms. The van der Waals surface area contributed by atoms with Gasteiger partial charge in [-0.25, -0.2) is 4.57 Å². The SMILES string of the molecule is O=P(O)(Cl)OCCCl. The van der Waals surface area contributed by atoms with Gasteiger partial charge in [0.25, 0.3) is 0 Å². The van der Waals surface area contributed by atoms with E-state index in [-0.39, 0.29) is 12.5 Å². The first-order valence-corrected chi connectivity index (χ1v) is 4.81. The molecule has 0 spiro atoms. The van der Waals surface area contributed by atoms with Crippen molar-refractivity contribution in [2.45, 2.75) is 0 Å². The molecule has 50 valence electrons. The lowest BCUT2D eigenvalue weighted by Gasteiger charge is -1.99. The van der Waals surface area contributed by atoms with Crippen LogP contribution in [0, 0.1) is 0 Å². The van der Waals surface area contributed by atoms with Crippen LogP contribution in [-0.4, -0.2) is 17.4 Å². The molecule has 0 fully saturated rings. The van der Waals surface area contributed by atoms with Crippen LogP contribution >= 0.6 is 29.8 Å². The van der Waals surface area contributed by atoms with E-state index < -0.39 is 6.95 Å². The summed E-state index contributed by atoms with van der Waals surface area (Å²) < 4.78 is 14.1. The van der Waals surface area contributed by atoms with E-state index in [1.807, 2.05) is 0 Å². The Kier molecular flexibility index (Phi) is 4.04. The predicted molar refractivity (Wildman–Crippen MR) is 32.4 cm³/mol. The molecule has 1 unspecified atom stereocenters. The van der Waals surface area contributed by atoms with Crippen molar-refractivity contribution in [1.29, 1.82) is 0 Å². The highest BCUT2D eigenvalue weighted by atomic mass is 35.7. The second-order valence-electron chi connectivity index (χ2n) is 0.974. The van der Waals surface area contributed by atoms with Gasteiger partial charge in [0, 0.05) is 17.1 Å². The summed E-state index contributed by atoms with van der Waals surface area (Å²) in [6.45, 7) is -3.80. The zero-order valence-corrected chi connectivity index (χ0v) is 6.29. The lowest BCUT2D eigenvalue weighted by molar-refractivity contribution is 0.291. The molecule has 8 heavy (non-hydrogen) atoms. The fraction of sp³-hybridized carbons (Fsp3) is 1.00. The van der Waals surface area contributed by atoms with Crippen molar-refractivity contribution in [2.24, 2.45) is 0 Å². The molecular weight excluding hydrogens is 174 g/mol. The van der Waals surface area contributed by atoms with Crippen LogP contribution in [0.1, 0.15) is 0 Å². The first-order valence-electron chi connectivity index (χ1n) is 1.79. The summed E-state index contributed by atoms with van der Waals surface area (Å²) >= 11 is 9.83. The Bertz CT molecular complexity index is 99.5. The smallest absolute Gasteiger partial charge is 0.313 e. The van der Waals surface area contributed by atoms with Crippen molar-refractivity contribution in [3.8, 4) is 0 Å². The molecule has 1 N–H and O–H groups in total. The average Bonchev–Trinajstić information content (AvgIpc) is 1.59. The summed E-state index contributed by atoms with van der Waals surface area (Å²) in [7, 11) is 0. The maximum absolute atomic E-state index is 10.0. The summed E-state index contributed by atoms with van der Waals surface area (Å²) in [5.41, 5.74) is 0. The maximum atomic E-state index is 10.0. The average molecular weight is 179 g/mol. The third-order valence-corrected chi connectivity index (χ3v) is 1.28. The number of alkyl halides is 1. The third kappa shape index (κ3) is 6.73. The zero-order chi connectivity index (χ0) is 6.62. The Labute approximate surface area is 56.9 Å². The lowest BCUT2D eigenvalue weighted by Crippen LogP contribution is -1.88. The summed E-state index contributed by atoms with van der Waals surface area (Å²) in [5.74, 6) is 0.164. The quantitative estimate of drug-likeness (QED) is 0.528. The van der Waals surface area contributed by atoms with E-state index in [0.29, 0.717) is 0 Å². The van der Waals surface area contributed by atoms with Crippen molar-refractivity contribution in [3.05, 3.63) is 0 Å². The Morgan fingerprint density at radius 1 is 1.75 bits per heavy atom. The van der Waals surface area contributed by atoms with Gasteiger partial charge in [-0.1, -0.05) is 0 Å². The van der Waals surface area contributed by atoms with Gasteiger partial charge in [-0.3, -0.25) is 4.52 Å². The molecule has 6 heteroatoms. The number of hydrogen-bond acceptors (Lipinski definition) is 2. The summed E-state index contributed by atoms with van der Waals surface area (Å²) in [6, 6.07) is 0. The standard InChI is InChI=1S/C2H5Cl2O3P/c3-1-2-7-8(4,5)6/h1-2H2,(H,5,6). The van der Waals surface area contributed by atoms with Crippen molar-refractivity contribution in [3.63, 3.8) is 0 Å². The largest absolute Gasteiger partial charge is 0.421 e. The molecule has 0 aliphatic rings. The van der Waals surface area contributed by atoms with E-state index in [4.69, 9.17) is 27.7 Å². The van der Waals surface area contributed by atoms with E-state index in [2.05, 4.69) is 4.52 Å². The van der Waals surface area contributed by atoms with Crippen LogP contribution in [0.2, 0.25) is 0 Å². The molecule has 0 rings (SSSR count). The first-order chi connectivity index (χ1) is 3.56. The Morgan fingerprint density at radius 2 is 2.25 bits per heavy atom. The number of halogens is 2. The van der Waals surface area contributed by atoms with E-state index in [0.717, 1.165) is 0 Å². The van der Waals surface area contributed by atoms with Crippen LogP contribution in [0.15, 0.2) is 0 Å². The zero-order valence-electron chi connectivity index (χ0n) is 3.88. The van der Waals surface area contributed by atoms with Crippen LogP contribution in [0.4, 0.5) is 0 Å². The van der Waals surface area contributed by atoms with Gasteiger partial charge in [0.2, 0.25) is 0 Å². The topological polar surface area (TPSA) is 46.5 Å². The molecule has 3 nitrogen and oxygen atoms in total. The molecule has 0 saturated heterocycles. The minimum absolute atomic E-state index is 0.00116. The minimum atomic E-state index is -3.79. The molecule has 0 aliphatic heterocycles. The van der Waals surface area contributed by atoms with E-state index in [9.17, 15) is 4.57 Å². The van der Waals surface area contributed by atoms with Gasteiger partial charge in [0.1, 0.15) is 0 Å². The van der Waals surface area contributed by atoms with Gasteiger partial charge in [-0.2, -0.15) is 0 Å². The van der Waals surface area contributed by atoms with Crippen LogP contribution < -0.4 is 0 Å². The highest BCUT2D eigenvalue weighted by molar-refractivity contribution is 7.80. The molecule has 0 saturated carbocycles. The molecule has 0 amide bonds. The summed E-state index contributed by atoms with van der Waals surface area (Å²) in [6.07, 6.45) is 0. The number of rotatable bonds is 3. The number of hydrogen-bond donors (Lipinski definition) is 1. The van der Waals surface area contributed by atoms with Crippen molar-refractivity contribution >= 4 is 29.8 Å². The van der Waals surface area contributed by atoms with Crippen molar-refractivity contribution in [1.82, 2.24) is 0 Å². The lowest BCUT2D eigenvalue weighted by atomic mass is 10.9. The van der Waals surface area contributed by atoms with Crippen LogP contribution in [0.25, 0.3) is 0 Å².